The quantitative estimate of drug-likeness (QED) is 0.941. The summed E-state index contributed by atoms with van der Waals surface area (Å²) in [5.74, 6) is 0.821. The third kappa shape index (κ3) is 3.19. The van der Waals surface area contributed by atoms with Crippen LogP contribution in [0.4, 0.5) is 5.69 Å². The lowest BCUT2D eigenvalue weighted by Gasteiger charge is -2.43. The van der Waals surface area contributed by atoms with Crippen molar-refractivity contribution in [3.8, 4) is 5.75 Å². The van der Waals surface area contributed by atoms with Crippen LogP contribution in [0.25, 0.3) is 0 Å². The first-order chi connectivity index (χ1) is 11.2. The standard InChI is InChI=1S/C19H24N2O2/c1-20-11-12-21(17(13-20)15-7-4-3-5-8-15)19-16(14-22)9-6-10-18(19)23-2/h3-10,17,22H,11-14H2,1-2H3. The van der Waals surface area contributed by atoms with Gasteiger partial charge in [-0.05, 0) is 18.7 Å². The smallest absolute Gasteiger partial charge is 0.142 e. The lowest BCUT2D eigenvalue weighted by atomic mass is 10.00. The molecule has 0 aromatic heterocycles. The van der Waals surface area contributed by atoms with Gasteiger partial charge in [0.1, 0.15) is 5.75 Å². The minimum absolute atomic E-state index is 0.0143. The van der Waals surface area contributed by atoms with Crippen molar-refractivity contribution in [3.63, 3.8) is 0 Å². The summed E-state index contributed by atoms with van der Waals surface area (Å²) in [7, 11) is 3.84. The van der Waals surface area contributed by atoms with Gasteiger partial charge in [0.25, 0.3) is 0 Å². The summed E-state index contributed by atoms with van der Waals surface area (Å²) in [5.41, 5.74) is 3.21. The maximum atomic E-state index is 9.79. The van der Waals surface area contributed by atoms with E-state index in [1.807, 2.05) is 24.3 Å². The Hall–Kier alpha value is -2.04. The number of rotatable bonds is 4. The van der Waals surface area contributed by atoms with Crippen molar-refractivity contribution in [2.45, 2.75) is 12.6 Å². The maximum absolute atomic E-state index is 9.79. The molecule has 0 bridgehead atoms. The molecule has 0 radical (unpaired) electrons. The minimum Gasteiger partial charge on any atom is -0.495 e. The summed E-state index contributed by atoms with van der Waals surface area (Å²) in [4.78, 5) is 4.72. The summed E-state index contributed by atoms with van der Waals surface area (Å²) in [6.45, 7) is 2.86. The summed E-state index contributed by atoms with van der Waals surface area (Å²) >= 11 is 0. The molecule has 0 aliphatic carbocycles. The van der Waals surface area contributed by atoms with Crippen LogP contribution in [0.15, 0.2) is 48.5 Å². The van der Waals surface area contributed by atoms with Crippen LogP contribution in [0.3, 0.4) is 0 Å². The fourth-order valence-corrected chi connectivity index (χ4v) is 3.33. The van der Waals surface area contributed by atoms with E-state index >= 15 is 0 Å². The van der Waals surface area contributed by atoms with Crippen LogP contribution < -0.4 is 9.64 Å². The normalized spacial score (nSPS) is 18.9. The molecule has 1 aliphatic rings. The number of aliphatic hydroxyl groups is 1. The topological polar surface area (TPSA) is 35.9 Å². The number of hydrogen-bond acceptors (Lipinski definition) is 4. The SMILES string of the molecule is COc1cccc(CO)c1N1CCN(C)CC1c1ccccc1. The predicted molar refractivity (Wildman–Crippen MR) is 92.9 cm³/mol. The van der Waals surface area contributed by atoms with E-state index in [4.69, 9.17) is 4.74 Å². The highest BCUT2D eigenvalue weighted by Gasteiger charge is 2.29. The molecule has 0 saturated carbocycles. The van der Waals surface area contributed by atoms with E-state index in [9.17, 15) is 5.11 Å². The molecule has 0 spiro atoms. The Balaban J connectivity index is 2.06. The first-order valence-electron chi connectivity index (χ1n) is 8.01. The van der Waals surface area contributed by atoms with E-state index in [0.29, 0.717) is 0 Å². The highest BCUT2D eigenvalue weighted by atomic mass is 16.5. The van der Waals surface area contributed by atoms with Gasteiger partial charge in [0.15, 0.2) is 0 Å². The van der Waals surface area contributed by atoms with E-state index in [1.54, 1.807) is 7.11 Å². The molecule has 4 nitrogen and oxygen atoms in total. The second-order valence-electron chi connectivity index (χ2n) is 6.01. The average molecular weight is 312 g/mol. The van der Waals surface area contributed by atoms with Gasteiger partial charge in [-0.2, -0.15) is 0 Å². The fraction of sp³-hybridized carbons (Fsp3) is 0.368. The Morgan fingerprint density at radius 2 is 1.87 bits per heavy atom. The van der Waals surface area contributed by atoms with Crippen LogP contribution in [-0.2, 0) is 6.61 Å². The zero-order valence-electron chi connectivity index (χ0n) is 13.8. The molecule has 1 atom stereocenters. The van der Waals surface area contributed by atoms with Gasteiger partial charge < -0.3 is 19.6 Å². The van der Waals surface area contributed by atoms with Gasteiger partial charge in [-0.15, -0.1) is 0 Å². The Morgan fingerprint density at radius 3 is 2.57 bits per heavy atom. The minimum atomic E-state index is 0.0143. The Kier molecular flexibility index (Phi) is 4.84. The van der Waals surface area contributed by atoms with Crippen LogP contribution in [0.5, 0.6) is 5.75 Å². The fourth-order valence-electron chi connectivity index (χ4n) is 3.33. The summed E-state index contributed by atoms with van der Waals surface area (Å²) in [5, 5.41) is 9.79. The van der Waals surface area contributed by atoms with Crippen molar-refractivity contribution in [1.82, 2.24) is 4.90 Å². The Morgan fingerprint density at radius 1 is 1.09 bits per heavy atom. The highest BCUT2D eigenvalue weighted by Crippen LogP contribution is 2.39. The average Bonchev–Trinajstić information content (AvgIpc) is 2.61. The predicted octanol–water partition coefficient (Wildman–Crippen LogP) is 2.68. The number of hydrogen-bond donors (Lipinski definition) is 1. The van der Waals surface area contributed by atoms with Crippen molar-refractivity contribution in [3.05, 3.63) is 59.7 Å². The van der Waals surface area contributed by atoms with Crippen LogP contribution in [0.1, 0.15) is 17.2 Å². The molecule has 2 aromatic rings. The molecule has 2 aromatic carbocycles. The third-order valence-electron chi connectivity index (χ3n) is 4.53. The van der Waals surface area contributed by atoms with Crippen molar-refractivity contribution < 1.29 is 9.84 Å². The second-order valence-corrected chi connectivity index (χ2v) is 6.01. The summed E-state index contributed by atoms with van der Waals surface area (Å²) < 4.78 is 5.59. The lowest BCUT2D eigenvalue weighted by molar-refractivity contribution is 0.262. The van der Waals surface area contributed by atoms with Crippen molar-refractivity contribution in [1.29, 1.82) is 0 Å². The number of aliphatic hydroxyl groups excluding tert-OH is 1. The van der Waals surface area contributed by atoms with Gasteiger partial charge in [0, 0.05) is 25.2 Å². The zero-order valence-corrected chi connectivity index (χ0v) is 13.8. The van der Waals surface area contributed by atoms with Crippen molar-refractivity contribution in [2.75, 3.05) is 38.7 Å². The van der Waals surface area contributed by atoms with E-state index < -0.39 is 0 Å². The molecule has 1 heterocycles. The van der Waals surface area contributed by atoms with Gasteiger partial charge >= 0.3 is 0 Å². The number of nitrogens with zero attached hydrogens (tertiary/aromatic N) is 2. The van der Waals surface area contributed by atoms with Crippen LogP contribution in [0.2, 0.25) is 0 Å². The molecule has 23 heavy (non-hydrogen) atoms. The van der Waals surface area contributed by atoms with E-state index in [-0.39, 0.29) is 12.6 Å². The number of benzene rings is 2. The second kappa shape index (κ2) is 7.02. The van der Waals surface area contributed by atoms with Gasteiger partial charge in [-0.1, -0.05) is 42.5 Å². The first-order valence-corrected chi connectivity index (χ1v) is 8.01. The van der Waals surface area contributed by atoms with Crippen molar-refractivity contribution in [2.24, 2.45) is 0 Å². The Bertz CT molecular complexity index is 623. The van der Waals surface area contributed by atoms with Crippen LogP contribution in [-0.4, -0.2) is 43.8 Å². The van der Waals surface area contributed by atoms with E-state index in [1.165, 1.54) is 5.56 Å². The number of methoxy groups -OCH3 is 1. The number of ether oxygens (including phenoxy) is 1. The van der Waals surface area contributed by atoms with E-state index in [2.05, 4.69) is 41.1 Å². The number of anilines is 1. The van der Waals surface area contributed by atoms with Gasteiger partial charge in [-0.3, -0.25) is 0 Å². The first kappa shape index (κ1) is 15.8. The third-order valence-corrected chi connectivity index (χ3v) is 4.53. The summed E-state index contributed by atoms with van der Waals surface area (Å²) in [6, 6.07) is 16.7. The molecule has 3 rings (SSSR count). The zero-order chi connectivity index (χ0) is 16.2. The molecular formula is C19H24N2O2. The largest absolute Gasteiger partial charge is 0.495 e. The molecule has 1 N–H and O–H groups in total. The van der Waals surface area contributed by atoms with Crippen LogP contribution >= 0.6 is 0 Å². The molecular weight excluding hydrogens is 288 g/mol. The Labute approximate surface area is 137 Å². The monoisotopic (exact) mass is 312 g/mol. The number of piperazine rings is 1. The molecule has 1 saturated heterocycles. The van der Waals surface area contributed by atoms with Crippen LogP contribution in [0, 0.1) is 0 Å². The highest BCUT2D eigenvalue weighted by molar-refractivity contribution is 5.65. The molecule has 1 fully saturated rings. The molecule has 4 heteroatoms. The number of likely N-dealkylation sites (N-methyl/N-ethyl adjacent to an activating group) is 1. The van der Waals surface area contributed by atoms with Gasteiger partial charge in [-0.25, -0.2) is 0 Å². The van der Waals surface area contributed by atoms with Crippen molar-refractivity contribution >= 4 is 5.69 Å². The maximum Gasteiger partial charge on any atom is 0.142 e. The molecule has 1 aliphatic heterocycles. The summed E-state index contributed by atoms with van der Waals surface area (Å²) in [6.07, 6.45) is 0. The lowest BCUT2D eigenvalue weighted by Crippen LogP contribution is -2.47. The number of para-hydroxylation sites is 1. The van der Waals surface area contributed by atoms with Gasteiger partial charge in [0.2, 0.25) is 0 Å². The van der Waals surface area contributed by atoms with E-state index in [0.717, 1.165) is 36.6 Å². The molecule has 122 valence electrons. The van der Waals surface area contributed by atoms with Gasteiger partial charge in [0.05, 0.1) is 25.4 Å². The molecule has 1 unspecified atom stereocenters. The molecule has 0 amide bonds.